The van der Waals surface area contributed by atoms with E-state index in [0.717, 1.165) is 0 Å². The predicted molar refractivity (Wildman–Crippen MR) is 66.9 cm³/mol. The van der Waals surface area contributed by atoms with Crippen LogP contribution in [0.1, 0.15) is 33.6 Å². The highest BCUT2D eigenvalue weighted by atomic mass is 16.4. The zero-order valence-electron chi connectivity index (χ0n) is 11.4. The number of nitrogens with one attached hydrogen (secondary N) is 2. The Kier molecular flexibility index (Phi) is 6.36. The van der Waals surface area contributed by atoms with Crippen molar-refractivity contribution in [2.24, 2.45) is 11.3 Å². The Morgan fingerprint density at radius 2 is 1.78 bits per heavy atom. The van der Waals surface area contributed by atoms with Gasteiger partial charge in [-0.25, -0.2) is 0 Å². The molecule has 0 heterocycles. The highest BCUT2D eigenvalue weighted by Gasteiger charge is 2.38. The number of aliphatic carboxylic acids is 1. The average Bonchev–Trinajstić information content (AvgIpc) is 2.27. The van der Waals surface area contributed by atoms with Gasteiger partial charge in [0.05, 0.1) is 5.41 Å². The summed E-state index contributed by atoms with van der Waals surface area (Å²) >= 11 is 0. The van der Waals surface area contributed by atoms with E-state index in [2.05, 4.69) is 10.6 Å². The monoisotopic (exact) mass is 258 g/mol. The van der Waals surface area contributed by atoms with Crippen molar-refractivity contribution in [1.82, 2.24) is 10.6 Å². The molecule has 6 heteroatoms. The lowest BCUT2D eigenvalue weighted by atomic mass is 9.76. The highest BCUT2D eigenvalue weighted by molar-refractivity contribution is 5.85. The summed E-state index contributed by atoms with van der Waals surface area (Å²) in [5, 5.41) is 14.1. The normalized spacial score (nSPS) is 13.8. The fraction of sp³-hybridized carbons (Fsp3) is 0.750. The smallest absolute Gasteiger partial charge is 0.310 e. The molecule has 0 aliphatic carbocycles. The molecule has 2 amide bonds. The van der Waals surface area contributed by atoms with Crippen molar-refractivity contribution in [3.8, 4) is 0 Å². The Balaban J connectivity index is 4.29. The van der Waals surface area contributed by atoms with Crippen LogP contribution in [0, 0.1) is 11.3 Å². The summed E-state index contributed by atoms with van der Waals surface area (Å²) in [6.45, 7) is 5.31. The number of hydrogen-bond acceptors (Lipinski definition) is 3. The number of amides is 2. The molecule has 0 aliphatic rings. The highest BCUT2D eigenvalue weighted by Crippen LogP contribution is 2.31. The van der Waals surface area contributed by atoms with Gasteiger partial charge in [0.15, 0.2) is 0 Å². The minimum atomic E-state index is -1.09. The second kappa shape index (κ2) is 6.98. The maximum Gasteiger partial charge on any atom is 0.310 e. The number of hydrogen-bond donors (Lipinski definition) is 3. The maximum atomic E-state index is 11.6. The Bertz CT molecular complexity index is 328. The maximum absolute atomic E-state index is 11.6. The first kappa shape index (κ1) is 16.4. The molecule has 18 heavy (non-hydrogen) atoms. The minimum absolute atomic E-state index is 0.0895. The van der Waals surface area contributed by atoms with E-state index >= 15 is 0 Å². The van der Waals surface area contributed by atoms with Crippen LogP contribution in [-0.2, 0) is 14.4 Å². The zero-order valence-corrected chi connectivity index (χ0v) is 11.4. The zero-order chi connectivity index (χ0) is 14.3. The van der Waals surface area contributed by atoms with Gasteiger partial charge in [0.2, 0.25) is 11.8 Å². The van der Waals surface area contributed by atoms with Gasteiger partial charge in [-0.2, -0.15) is 0 Å². The van der Waals surface area contributed by atoms with Crippen LogP contribution < -0.4 is 10.6 Å². The van der Waals surface area contributed by atoms with Crippen LogP contribution in [0.5, 0.6) is 0 Å². The molecule has 0 rings (SSSR count). The topological polar surface area (TPSA) is 95.5 Å². The number of carboxylic acids is 1. The molecule has 1 atom stereocenters. The third kappa shape index (κ3) is 4.73. The van der Waals surface area contributed by atoms with Crippen molar-refractivity contribution in [3.05, 3.63) is 0 Å². The number of carbonyl (C=O) groups is 3. The van der Waals surface area contributed by atoms with Crippen molar-refractivity contribution in [2.75, 3.05) is 13.6 Å². The molecule has 0 saturated carbocycles. The van der Waals surface area contributed by atoms with Gasteiger partial charge in [-0.1, -0.05) is 13.8 Å². The minimum Gasteiger partial charge on any atom is -0.481 e. The van der Waals surface area contributed by atoms with Crippen molar-refractivity contribution in [3.63, 3.8) is 0 Å². The lowest BCUT2D eigenvalue weighted by Crippen LogP contribution is -2.39. The van der Waals surface area contributed by atoms with E-state index in [0.29, 0.717) is 0 Å². The Morgan fingerprint density at radius 1 is 1.22 bits per heavy atom. The van der Waals surface area contributed by atoms with Gasteiger partial charge in [0.25, 0.3) is 0 Å². The van der Waals surface area contributed by atoms with E-state index in [1.807, 2.05) is 0 Å². The summed E-state index contributed by atoms with van der Waals surface area (Å²) in [6, 6.07) is 0. The fourth-order valence-electron chi connectivity index (χ4n) is 1.36. The summed E-state index contributed by atoms with van der Waals surface area (Å²) in [4.78, 5) is 33.8. The van der Waals surface area contributed by atoms with Gasteiger partial charge >= 0.3 is 5.97 Å². The molecule has 0 radical (unpaired) electrons. The standard InChI is InChI=1S/C12H22N2O4/c1-8(2)12(3,11(17)18)7-10(16)14-6-5-9(15)13-4/h8H,5-7H2,1-4H3,(H,13,15)(H,14,16)(H,17,18). The molecule has 0 aromatic carbocycles. The summed E-state index contributed by atoms with van der Waals surface area (Å²) in [5.74, 6) is -1.66. The van der Waals surface area contributed by atoms with Crippen LogP contribution in [-0.4, -0.2) is 36.5 Å². The Labute approximate surface area is 107 Å². The SMILES string of the molecule is CNC(=O)CCNC(=O)CC(C)(C(=O)O)C(C)C. The fourth-order valence-corrected chi connectivity index (χ4v) is 1.36. The van der Waals surface area contributed by atoms with Crippen molar-refractivity contribution >= 4 is 17.8 Å². The van der Waals surface area contributed by atoms with E-state index in [1.165, 1.54) is 7.05 Å². The van der Waals surface area contributed by atoms with E-state index in [1.54, 1.807) is 20.8 Å². The van der Waals surface area contributed by atoms with Gasteiger partial charge in [-0.15, -0.1) is 0 Å². The third-order valence-corrected chi connectivity index (χ3v) is 3.24. The molecule has 0 fully saturated rings. The predicted octanol–water partition coefficient (Wildman–Crippen LogP) is 0.376. The van der Waals surface area contributed by atoms with Crippen LogP contribution in [0.4, 0.5) is 0 Å². The molecular formula is C12H22N2O4. The van der Waals surface area contributed by atoms with E-state index in [-0.39, 0.29) is 37.1 Å². The van der Waals surface area contributed by atoms with Crippen molar-refractivity contribution in [1.29, 1.82) is 0 Å². The van der Waals surface area contributed by atoms with E-state index in [9.17, 15) is 14.4 Å². The lowest BCUT2D eigenvalue weighted by Gasteiger charge is -2.28. The van der Waals surface area contributed by atoms with Gasteiger partial charge in [0, 0.05) is 26.4 Å². The summed E-state index contributed by atoms with van der Waals surface area (Å²) in [7, 11) is 1.52. The molecule has 1 unspecified atom stereocenters. The quantitative estimate of drug-likeness (QED) is 0.615. The summed E-state index contributed by atoms with van der Waals surface area (Å²) in [5.41, 5.74) is -1.09. The Hall–Kier alpha value is -1.59. The molecule has 3 N–H and O–H groups in total. The van der Waals surface area contributed by atoms with Gasteiger partial charge in [-0.05, 0) is 12.8 Å². The second-order valence-corrected chi connectivity index (χ2v) is 4.83. The Morgan fingerprint density at radius 3 is 2.17 bits per heavy atom. The molecule has 104 valence electrons. The van der Waals surface area contributed by atoms with Crippen LogP contribution in [0.25, 0.3) is 0 Å². The average molecular weight is 258 g/mol. The van der Waals surface area contributed by atoms with Gasteiger partial charge < -0.3 is 15.7 Å². The van der Waals surface area contributed by atoms with Crippen molar-refractivity contribution in [2.45, 2.75) is 33.6 Å². The van der Waals surface area contributed by atoms with Gasteiger partial charge in [-0.3, -0.25) is 14.4 Å². The van der Waals surface area contributed by atoms with Crippen LogP contribution in [0.2, 0.25) is 0 Å². The van der Waals surface area contributed by atoms with Gasteiger partial charge in [0.1, 0.15) is 0 Å². The number of rotatable bonds is 7. The second-order valence-electron chi connectivity index (χ2n) is 4.83. The molecule has 0 aromatic heterocycles. The first-order valence-electron chi connectivity index (χ1n) is 5.94. The first-order chi connectivity index (χ1) is 8.24. The molecule has 6 nitrogen and oxygen atoms in total. The van der Waals surface area contributed by atoms with Crippen LogP contribution in [0.15, 0.2) is 0 Å². The molecule has 0 aliphatic heterocycles. The number of carbonyl (C=O) groups excluding carboxylic acids is 2. The molecule has 0 spiro atoms. The first-order valence-corrected chi connectivity index (χ1v) is 5.94. The van der Waals surface area contributed by atoms with E-state index in [4.69, 9.17) is 5.11 Å². The van der Waals surface area contributed by atoms with Crippen LogP contribution >= 0.6 is 0 Å². The third-order valence-electron chi connectivity index (χ3n) is 3.24. The lowest BCUT2D eigenvalue weighted by molar-refractivity contribution is -0.153. The van der Waals surface area contributed by atoms with Crippen LogP contribution in [0.3, 0.4) is 0 Å². The molecular weight excluding hydrogens is 236 g/mol. The van der Waals surface area contributed by atoms with E-state index < -0.39 is 11.4 Å². The molecule has 0 aromatic rings. The van der Waals surface area contributed by atoms with Crippen molar-refractivity contribution < 1.29 is 19.5 Å². The summed E-state index contributed by atoms with van der Waals surface area (Å²) < 4.78 is 0. The largest absolute Gasteiger partial charge is 0.481 e. The molecule has 0 bridgehead atoms. The molecule has 0 saturated heterocycles. The number of carboxylic acid groups (broad SMARTS) is 1. The summed E-state index contributed by atoms with van der Waals surface area (Å²) in [6.07, 6.45) is 0.0987.